The van der Waals surface area contributed by atoms with Gasteiger partial charge < -0.3 is 19.9 Å². The second kappa shape index (κ2) is 11.6. The van der Waals surface area contributed by atoms with Crippen molar-refractivity contribution >= 4 is 34.6 Å². The Bertz CT molecular complexity index is 870. The maximum Gasteiger partial charge on any atom is 0.306 e. The quantitative estimate of drug-likeness (QED) is 0.474. The molecule has 33 heavy (non-hydrogen) atoms. The third-order valence-electron chi connectivity index (χ3n) is 6.88. The smallest absolute Gasteiger partial charge is 0.306 e. The van der Waals surface area contributed by atoms with Gasteiger partial charge in [-0.2, -0.15) is 0 Å². The number of hydrogen-bond acceptors (Lipinski definition) is 5. The van der Waals surface area contributed by atoms with E-state index in [1.165, 1.54) is 57.0 Å². The Kier molecular flexibility index (Phi) is 8.38. The zero-order valence-electron chi connectivity index (χ0n) is 19.7. The fraction of sp³-hybridized carbons (Fsp3) is 0.519. The van der Waals surface area contributed by atoms with Gasteiger partial charge in [0, 0.05) is 60.7 Å². The van der Waals surface area contributed by atoms with Gasteiger partial charge in [-0.25, -0.2) is 0 Å². The van der Waals surface area contributed by atoms with Gasteiger partial charge in [0.15, 0.2) is 0 Å². The van der Waals surface area contributed by atoms with E-state index < -0.39 is 0 Å². The van der Waals surface area contributed by atoms with Crippen LogP contribution in [-0.2, 0) is 9.53 Å². The zero-order valence-corrected chi connectivity index (χ0v) is 20.4. The molecule has 0 saturated carbocycles. The van der Waals surface area contributed by atoms with Crippen LogP contribution < -0.4 is 15.1 Å². The van der Waals surface area contributed by atoms with Gasteiger partial charge in [-0.1, -0.05) is 23.7 Å². The fourth-order valence-electron chi connectivity index (χ4n) is 4.93. The molecule has 0 bridgehead atoms. The lowest BCUT2D eigenvalue weighted by Gasteiger charge is -2.33. The van der Waals surface area contributed by atoms with Crippen LogP contribution in [0.25, 0.3) is 0 Å². The van der Waals surface area contributed by atoms with Crippen molar-refractivity contribution in [1.82, 2.24) is 0 Å². The molecule has 2 heterocycles. The van der Waals surface area contributed by atoms with E-state index in [2.05, 4.69) is 33.3 Å². The molecule has 2 aliphatic rings. The van der Waals surface area contributed by atoms with E-state index in [1.807, 2.05) is 24.3 Å². The number of nitrogens with one attached hydrogen (secondary N) is 1. The molecule has 4 rings (SSSR count). The van der Waals surface area contributed by atoms with Crippen molar-refractivity contribution in [2.75, 3.05) is 55.0 Å². The number of carbonyl (C=O) groups excluding carboxylic acids is 1. The van der Waals surface area contributed by atoms with Crippen molar-refractivity contribution in [1.29, 1.82) is 0 Å². The van der Waals surface area contributed by atoms with Crippen LogP contribution in [0.15, 0.2) is 42.5 Å². The minimum Gasteiger partial charge on any atom is -0.469 e. The maximum absolute atomic E-state index is 12.1. The highest BCUT2D eigenvalue weighted by Crippen LogP contribution is 2.32. The number of esters is 1. The zero-order chi connectivity index (χ0) is 23.0. The van der Waals surface area contributed by atoms with Gasteiger partial charge in [-0.05, 0) is 74.4 Å². The Hall–Kier alpha value is -2.40. The van der Waals surface area contributed by atoms with E-state index in [0.29, 0.717) is 18.0 Å². The highest BCUT2D eigenvalue weighted by molar-refractivity contribution is 6.30. The molecule has 6 heteroatoms. The summed E-state index contributed by atoms with van der Waals surface area (Å²) in [4.78, 5) is 17.1. The normalized spacial score (nSPS) is 17.5. The predicted octanol–water partition coefficient (Wildman–Crippen LogP) is 6.08. The van der Waals surface area contributed by atoms with Gasteiger partial charge in [-0.3, -0.25) is 4.79 Å². The highest BCUT2D eigenvalue weighted by Gasteiger charge is 2.19. The van der Waals surface area contributed by atoms with Gasteiger partial charge in [0.1, 0.15) is 0 Å². The molecular formula is C27H36ClN3O2. The van der Waals surface area contributed by atoms with Crippen LogP contribution in [0, 0.1) is 0 Å². The van der Waals surface area contributed by atoms with Crippen LogP contribution >= 0.6 is 11.6 Å². The Labute approximate surface area is 203 Å². The van der Waals surface area contributed by atoms with Gasteiger partial charge >= 0.3 is 5.97 Å². The average Bonchev–Trinajstić information content (AvgIpc) is 2.88. The lowest BCUT2D eigenvalue weighted by atomic mass is 9.95. The van der Waals surface area contributed by atoms with Crippen LogP contribution in [-0.4, -0.2) is 45.8 Å². The summed E-state index contributed by atoms with van der Waals surface area (Å²) in [6, 6.07) is 14.7. The first-order chi connectivity index (χ1) is 16.1. The highest BCUT2D eigenvalue weighted by atomic mass is 35.5. The van der Waals surface area contributed by atoms with Gasteiger partial charge in [-0.15, -0.1) is 0 Å². The molecule has 1 unspecified atom stereocenters. The first-order valence-electron chi connectivity index (χ1n) is 12.3. The molecule has 1 N–H and O–H groups in total. The maximum atomic E-state index is 12.1. The summed E-state index contributed by atoms with van der Waals surface area (Å²) in [7, 11) is 1.45. The molecular weight excluding hydrogens is 434 g/mol. The Balaban J connectivity index is 1.56. The minimum absolute atomic E-state index is 0.00629. The van der Waals surface area contributed by atoms with Gasteiger partial charge in [0.05, 0.1) is 13.5 Å². The van der Waals surface area contributed by atoms with Crippen molar-refractivity contribution in [3.8, 4) is 0 Å². The van der Waals surface area contributed by atoms with Crippen molar-refractivity contribution in [3.05, 3.63) is 53.1 Å². The molecule has 2 aliphatic heterocycles. The number of anilines is 3. The molecule has 0 spiro atoms. The summed E-state index contributed by atoms with van der Waals surface area (Å²) in [5.41, 5.74) is 4.80. The monoisotopic (exact) mass is 469 g/mol. The number of piperidine rings is 2. The Morgan fingerprint density at radius 2 is 1.45 bits per heavy atom. The summed E-state index contributed by atoms with van der Waals surface area (Å²) in [6.45, 7) is 5.15. The molecule has 0 aliphatic carbocycles. The summed E-state index contributed by atoms with van der Waals surface area (Å²) in [5.74, 6) is -0.195. The number of halogens is 1. The molecule has 0 amide bonds. The van der Waals surface area contributed by atoms with E-state index in [1.54, 1.807) is 0 Å². The molecule has 2 saturated heterocycles. The van der Waals surface area contributed by atoms with Crippen LogP contribution in [0.3, 0.4) is 0 Å². The van der Waals surface area contributed by atoms with E-state index >= 15 is 0 Å². The van der Waals surface area contributed by atoms with Gasteiger partial charge in [0.2, 0.25) is 0 Å². The lowest BCUT2D eigenvalue weighted by molar-refractivity contribution is -0.141. The Morgan fingerprint density at radius 3 is 1.97 bits per heavy atom. The van der Waals surface area contributed by atoms with E-state index in [4.69, 9.17) is 16.3 Å². The molecule has 2 fully saturated rings. The minimum atomic E-state index is -0.201. The van der Waals surface area contributed by atoms with Crippen molar-refractivity contribution in [2.24, 2.45) is 0 Å². The number of rotatable bonds is 8. The van der Waals surface area contributed by atoms with Crippen molar-refractivity contribution in [3.63, 3.8) is 0 Å². The van der Waals surface area contributed by atoms with Crippen LogP contribution in [0.1, 0.15) is 56.4 Å². The Morgan fingerprint density at radius 1 is 0.909 bits per heavy atom. The van der Waals surface area contributed by atoms with E-state index in [9.17, 15) is 4.79 Å². The molecule has 0 radical (unpaired) electrons. The molecule has 2 aromatic carbocycles. The number of nitrogens with zero attached hydrogens (tertiary/aromatic N) is 2. The fourth-order valence-corrected chi connectivity index (χ4v) is 5.06. The number of hydrogen-bond donors (Lipinski definition) is 1. The third kappa shape index (κ3) is 6.57. The van der Waals surface area contributed by atoms with Crippen LogP contribution in [0.5, 0.6) is 0 Å². The average molecular weight is 470 g/mol. The lowest BCUT2D eigenvalue weighted by Crippen LogP contribution is -2.31. The van der Waals surface area contributed by atoms with Gasteiger partial charge in [0.25, 0.3) is 0 Å². The largest absolute Gasteiger partial charge is 0.469 e. The number of benzene rings is 2. The summed E-state index contributed by atoms with van der Waals surface area (Å²) in [6.07, 6.45) is 8.01. The molecule has 5 nitrogen and oxygen atoms in total. The first-order valence-corrected chi connectivity index (χ1v) is 12.7. The van der Waals surface area contributed by atoms with Crippen molar-refractivity contribution < 1.29 is 9.53 Å². The summed E-state index contributed by atoms with van der Waals surface area (Å²) >= 11 is 6.09. The third-order valence-corrected chi connectivity index (χ3v) is 7.13. The topological polar surface area (TPSA) is 44.8 Å². The molecule has 1 atom stereocenters. The van der Waals surface area contributed by atoms with Crippen LogP contribution in [0.4, 0.5) is 17.1 Å². The van der Waals surface area contributed by atoms with Crippen LogP contribution in [0.2, 0.25) is 5.02 Å². The van der Waals surface area contributed by atoms with E-state index in [0.717, 1.165) is 37.4 Å². The summed E-state index contributed by atoms with van der Waals surface area (Å²) in [5, 5.41) is 4.35. The molecule has 178 valence electrons. The SMILES string of the molecule is COC(=O)CC(CNc1cc(N2CCCCC2)cc(N2CCCCC2)c1)c1ccc(Cl)cc1. The first kappa shape index (κ1) is 23.7. The van der Waals surface area contributed by atoms with Crippen molar-refractivity contribution in [2.45, 2.75) is 50.9 Å². The van der Waals surface area contributed by atoms with E-state index in [-0.39, 0.29) is 11.9 Å². The number of methoxy groups -OCH3 is 1. The number of carbonyl (C=O) groups is 1. The number of ether oxygens (including phenoxy) is 1. The predicted molar refractivity (Wildman–Crippen MR) is 138 cm³/mol. The summed E-state index contributed by atoms with van der Waals surface area (Å²) < 4.78 is 4.97. The molecule has 2 aromatic rings. The molecule has 0 aromatic heterocycles. The second-order valence-corrected chi connectivity index (χ2v) is 9.68. The standard InChI is InChI=1S/C27H36ClN3O2/c1-33-27(32)16-22(21-8-10-23(28)11-9-21)20-29-24-17-25(30-12-4-2-5-13-30)19-26(18-24)31-14-6-3-7-15-31/h8-11,17-19,22,29H,2-7,12-16,20H2,1H3. The second-order valence-electron chi connectivity index (χ2n) is 9.24.